The molecule has 4 nitrogen and oxygen atoms in total. The summed E-state index contributed by atoms with van der Waals surface area (Å²) in [6, 6.07) is 4.22. The summed E-state index contributed by atoms with van der Waals surface area (Å²) < 4.78 is 0. The molecular formula is C12H20N4. The number of nitrogens with one attached hydrogen (secondary N) is 1. The minimum absolute atomic E-state index is 0.478. The molecule has 0 spiro atoms. The van der Waals surface area contributed by atoms with Gasteiger partial charge >= 0.3 is 0 Å². The molecule has 0 aromatic carbocycles. The second-order valence-electron chi connectivity index (χ2n) is 4.32. The van der Waals surface area contributed by atoms with Crippen LogP contribution in [-0.2, 0) is 0 Å². The Labute approximate surface area is 96.8 Å². The maximum absolute atomic E-state index is 5.87. The van der Waals surface area contributed by atoms with E-state index < -0.39 is 0 Å². The van der Waals surface area contributed by atoms with Crippen LogP contribution in [0.25, 0.3) is 0 Å². The van der Waals surface area contributed by atoms with Crippen LogP contribution in [0.4, 0.5) is 11.5 Å². The predicted molar refractivity (Wildman–Crippen MR) is 67.4 cm³/mol. The van der Waals surface area contributed by atoms with Gasteiger partial charge in [-0.25, -0.2) is 4.98 Å². The van der Waals surface area contributed by atoms with Gasteiger partial charge in [-0.05, 0) is 38.1 Å². The first kappa shape index (κ1) is 11.2. The minimum atomic E-state index is 0.478. The standard InChI is InChI=1S/C12H20N4/c1-2-16-8-4-5-10(9-16)15-12-11(13)6-3-7-14-12/h3,6-7,10H,2,4-5,8-9,13H2,1H3,(H,14,15). The summed E-state index contributed by atoms with van der Waals surface area (Å²) in [4.78, 5) is 6.73. The molecule has 1 fully saturated rings. The molecule has 0 radical (unpaired) electrons. The number of piperidine rings is 1. The van der Waals surface area contributed by atoms with Crippen LogP contribution in [-0.4, -0.2) is 35.6 Å². The predicted octanol–water partition coefficient (Wildman–Crippen LogP) is 1.56. The number of pyridine rings is 1. The van der Waals surface area contributed by atoms with Crippen LogP contribution in [0.15, 0.2) is 18.3 Å². The van der Waals surface area contributed by atoms with Crippen LogP contribution < -0.4 is 11.1 Å². The van der Waals surface area contributed by atoms with Crippen molar-refractivity contribution in [3.8, 4) is 0 Å². The average molecular weight is 220 g/mol. The van der Waals surface area contributed by atoms with Gasteiger partial charge in [0, 0.05) is 18.8 Å². The van der Waals surface area contributed by atoms with Gasteiger partial charge in [0.05, 0.1) is 5.69 Å². The zero-order chi connectivity index (χ0) is 11.4. The molecule has 1 aromatic rings. The number of likely N-dealkylation sites (N-methyl/N-ethyl adjacent to an activating group) is 1. The van der Waals surface area contributed by atoms with Crippen molar-refractivity contribution in [1.29, 1.82) is 0 Å². The Bertz CT molecular complexity index is 340. The van der Waals surface area contributed by atoms with Gasteiger partial charge in [-0.1, -0.05) is 6.92 Å². The fourth-order valence-electron chi connectivity index (χ4n) is 2.19. The number of hydrogen-bond acceptors (Lipinski definition) is 4. The van der Waals surface area contributed by atoms with Crippen LogP contribution in [0, 0.1) is 0 Å². The first-order chi connectivity index (χ1) is 7.79. The van der Waals surface area contributed by atoms with E-state index >= 15 is 0 Å². The Kier molecular flexibility index (Phi) is 3.62. The second-order valence-corrected chi connectivity index (χ2v) is 4.32. The Hall–Kier alpha value is -1.29. The fraction of sp³-hybridized carbons (Fsp3) is 0.583. The third-order valence-electron chi connectivity index (χ3n) is 3.13. The third kappa shape index (κ3) is 2.64. The Morgan fingerprint density at radius 3 is 3.25 bits per heavy atom. The fourth-order valence-corrected chi connectivity index (χ4v) is 2.19. The van der Waals surface area contributed by atoms with E-state index in [1.165, 1.54) is 19.4 Å². The Morgan fingerprint density at radius 2 is 2.50 bits per heavy atom. The molecule has 1 atom stereocenters. The van der Waals surface area contributed by atoms with Gasteiger partial charge in [0.2, 0.25) is 0 Å². The lowest BCUT2D eigenvalue weighted by atomic mass is 10.1. The number of nitrogens with zero attached hydrogens (tertiary/aromatic N) is 2. The lowest BCUT2D eigenvalue weighted by Crippen LogP contribution is -2.42. The molecule has 0 amide bonds. The van der Waals surface area contributed by atoms with Crippen molar-refractivity contribution in [1.82, 2.24) is 9.88 Å². The minimum Gasteiger partial charge on any atom is -0.396 e. The molecule has 4 heteroatoms. The summed E-state index contributed by atoms with van der Waals surface area (Å²) in [5.41, 5.74) is 6.60. The van der Waals surface area contributed by atoms with E-state index in [9.17, 15) is 0 Å². The van der Waals surface area contributed by atoms with E-state index in [-0.39, 0.29) is 0 Å². The first-order valence-corrected chi connectivity index (χ1v) is 5.99. The van der Waals surface area contributed by atoms with Gasteiger partial charge in [-0.15, -0.1) is 0 Å². The molecule has 0 aliphatic carbocycles. The number of aromatic nitrogens is 1. The highest BCUT2D eigenvalue weighted by Gasteiger charge is 2.19. The Balaban J connectivity index is 1.97. The molecule has 2 rings (SSSR count). The zero-order valence-corrected chi connectivity index (χ0v) is 9.82. The van der Waals surface area contributed by atoms with Crippen molar-refractivity contribution < 1.29 is 0 Å². The normalized spacial score (nSPS) is 21.9. The van der Waals surface area contributed by atoms with Crippen molar-refractivity contribution in [2.75, 3.05) is 30.7 Å². The van der Waals surface area contributed by atoms with E-state index in [1.54, 1.807) is 6.20 Å². The molecule has 1 aliphatic heterocycles. The molecule has 88 valence electrons. The van der Waals surface area contributed by atoms with Crippen LogP contribution in [0.3, 0.4) is 0 Å². The van der Waals surface area contributed by atoms with Crippen LogP contribution >= 0.6 is 0 Å². The number of nitrogens with two attached hydrogens (primary N) is 1. The first-order valence-electron chi connectivity index (χ1n) is 5.99. The van der Waals surface area contributed by atoms with Crippen LogP contribution in [0.1, 0.15) is 19.8 Å². The summed E-state index contributed by atoms with van der Waals surface area (Å²) in [7, 11) is 0. The maximum atomic E-state index is 5.87. The van der Waals surface area contributed by atoms with Gasteiger partial charge in [-0.3, -0.25) is 0 Å². The zero-order valence-electron chi connectivity index (χ0n) is 9.82. The number of likely N-dealkylation sites (tertiary alicyclic amines) is 1. The number of hydrogen-bond donors (Lipinski definition) is 2. The highest BCUT2D eigenvalue weighted by atomic mass is 15.2. The van der Waals surface area contributed by atoms with Crippen molar-refractivity contribution in [3.63, 3.8) is 0 Å². The largest absolute Gasteiger partial charge is 0.396 e. The number of anilines is 2. The van der Waals surface area contributed by atoms with E-state index in [4.69, 9.17) is 5.73 Å². The molecule has 1 saturated heterocycles. The van der Waals surface area contributed by atoms with Crippen molar-refractivity contribution in [3.05, 3.63) is 18.3 Å². The van der Waals surface area contributed by atoms with Gasteiger partial charge in [0.15, 0.2) is 0 Å². The molecule has 2 heterocycles. The highest BCUT2D eigenvalue weighted by Crippen LogP contribution is 2.18. The molecule has 3 N–H and O–H groups in total. The molecule has 0 bridgehead atoms. The van der Waals surface area contributed by atoms with Gasteiger partial charge in [-0.2, -0.15) is 0 Å². The van der Waals surface area contributed by atoms with Gasteiger partial charge in [0.25, 0.3) is 0 Å². The summed E-state index contributed by atoms with van der Waals surface area (Å²) in [6.45, 7) is 5.63. The van der Waals surface area contributed by atoms with Crippen LogP contribution in [0.2, 0.25) is 0 Å². The van der Waals surface area contributed by atoms with Crippen LogP contribution in [0.5, 0.6) is 0 Å². The SMILES string of the molecule is CCN1CCCC(Nc2ncccc2N)C1. The summed E-state index contributed by atoms with van der Waals surface area (Å²) in [5, 5.41) is 3.44. The van der Waals surface area contributed by atoms with Crippen molar-refractivity contribution >= 4 is 11.5 Å². The van der Waals surface area contributed by atoms with E-state index in [2.05, 4.69) is 22.1 Å². The van der Waals surface area contributed by atoms with Gasteiger partial charge < -0.3 is 16.0 Å². The molecule has 16 heavy (non-hydrogen) atoms. The van der Waals surface area contributed by atoms with Crippen molar-refractivity contribution in [2.45, 2.75) is 25.8 Å². The third-order valence-corrected chi connectivity index (χ3v) is 3.13. The monoisotopic (exact) mass is 220 g/mol. The smallest absolute Gasteiger partial charge is 0.149 e. The number of nitrogen functional groups attached to an aromatic ring is 1. The van der Waals surface area contributed by atoms with Crippen molar-refractivity contribution in [2.24, 2.45) is 0 Å². The maximum Gasteiger partial charge on any atom is 0.149 e. The summed E-state index contributed by atoms with van der Waals surface area (Å²) in [6.07, 6.45) is 4.23. The van der Waals surface area contributed by atoms with E-state index in [1.807, 2.05) is 12.1 Å². The lowest BCUT2D eigenvalue weighted by molar-refractivity contribution is 0.226. The number of rotatable bonds is 3. The molecule has 0 saturated carbocycles. The lowest BCUT2D eigenvalue weighted by Gasteiger charge is -2.32. The second kappa shape index (κ2) is 5.16. The topological polar surface area (TPSA) is 54.2 Å². The molecule has 1 unspecified atom stereocenters. The van der Waals surface area contributed by atoms with E-state index in [0.717, 1.165) is 24.6 Å². The Morgan fingerprint density at radius 1 is 1.62 bits per heavy atom. The average Bonchev–Trinajstić information content (AvgIpc) is 2.32. The highest BCUT2D eigenvalue weighted by molar-refractivity contribution is 5.60. The quantitative estimate of drug-likeness (QED) is 0.811. The summed E-state index contributed by atoms with van der Waals surface area (Å²) >= 11 is 0. The van der Waals surface area contributed by atoms with Gasteiger partial charge in [0.1, 0.15) is 5.82 Å². The molecule has 1 aliphatic rings. The molecule has 1 aromatic heterocycles. The summed E-state index contributed by atoms with van der Waals surface area (Å²) in [5.74, 6) is 0.824. The molecular weight excluding hydrogens is 200 g/mol. The van der Waals surface area contributed by atoms with E-state index in [0.29, 0.717) is 6.04 Å².